The average Bonchev–Trinajstić information content (AvgIpc) is 2.61. The number of hydrazone groups is 1. The highest BCUT2D eigenvalue weighted by molar-refractivity contribution is 6.39. The van der Waals surface area contributed by atoms with Gasteiger partial charge in [0.1, 0.15) is 12.3 Å². The summed E-state index contributed by atoms with van der Waals surface area (Å²) in [6.45, 7) is 3.61. The summed E-state index contributed by atoms with van der Waals surface area (Å²) in [6, 6.07) is 9.18. The van der Waals surface area contributed by atoms with E-state index in [2.05, 4.69) is 5.10 Å². The van der Waals surface area contributed by atoms with E-state index < -0.39 is 11.9 Å². The van der Waals surface area contributed by atoms with E-state index in [1.54, 1.807) is 6.92 Å². The van der Waals surface area contributed by atoms with E-state index in [0.29, 0.717) is 13.0 Å². The summed E-state index contributed by atoms with van der Waals surface area (Å²) in [5.41, 5.74) is 1.15. The summed E-state index contributed by atoms with van der Waals surface area (Å²) in [4.78, 5) is 37.2. The van der Waals surface area contributed by atoms with Crippen LogP contribution in [0.5, 0.6) is 0 Å². The Balaban J connectivity index is 2.20. The molecule has 1 heterocycles. The SMILES string of the molecule is CCC(C)N(CC(=O)O)C(=O)C1=NN(Cc2ccccc2)C(=O)CC1. The van der Waals surface area contributed by atoms with Gasteiger partial charge in [-0.1, -0.05) is 37.3 Å². The summed E-state index contributed by atoms with van der Waals surface area (Å²) in [5, 5.41) is 14.6. The molecule has 0 radical (unpaired) electrons. The van der Waals surface area contributed by atoms with Crippen LogP contribution in [0.1, 0.15) is 38.7 Å². The maximum atomic E-state index is 12.7. The first-order chi connectivity index (χ1) is 11.9. The molecule has 0 bridgehead atoms. The minimum atomic E-state index is -1.07. The smallest absolute Gasteiger partial charge is 0.323 e. The van der Waals surface area contributed by atoms with Crippen LogP contribution in [-0.4, -0.2) is 51.1 Å². The van der Waals surface area contributed by atoms with Crippen molar-refractivity contribution in [3.05, 3.63) is 35.9 Å². The fraction of sp³-hybridized carbons (Fsp3) is 0.444. The van der Waals surface area contributed by atoms with Gasteiger partial charge in [0.05, 0.1) is 6.54 Å². The van der Waals surface area contributed by atoms with Crippen LogP contribution in [-0.2, 0) is 20.9 Å². The van der Waals surface area contributed by atoms with Gasteiger partial charge in [0.15, 0.2) is 0 Å². The Morgan fingerprint density at radius 3 is 2.56 bits per heavy atom. The lowest BCUT2D eigenvalue weighted by atomic mass is 10.1. The molecule has 0 aliphatic carbocycles. The van der Waals surface area contributed by atoms with Gasteiger partial charge in [0.2, 0.25) is 5.91 Å². The molecule has 0 spiro atoms. The van der Waals surface area contributed by atoms with Gasteiger partial charge in [-0.3, -0.25) is 14.4 Å². The number of carboxylic acids is 1. The summed E-state index contributed by atoms with van der Waals surface area (Å²) >= 11 is 0. The van der Waals surface area contributed by atoms with Crippen molar-refractivity contribution in [3.63, 3.8) is 0 Å². The third-order valence-electron chi connectivity index (χ3n) is 4.22. The normalized spacial score (nSPS) is 15.5. The molecule has 25 heavy (non-hydrogen) atoms. The fourth-order valence-corrected chi connectivity index (χ4v) is 2.60. The molecule has 0 saturated carbocycles. The van der Waals surface area contributed by atoms with Gasteiger partial charge in [-0.05, 0) is 18.9 Å². The maximum Gasteiger partial charge on any atom is 0.323 e. The molecule has 7 nitrogen and oxygen atoms in total. The number of benzene rings is 1. The van der Waals surface area contributed by atoms with Crippen LogP contribution in [0.3, 0.4) is 0 Å². The van der Waals surface area contributed by atoms with E-state index in [1.807, 2.05) is 37.3 Å². The third kappa shape index (κ3) is 4.89. The summed E-state index contributed by atoms with van der Waals surface area (Å²) < 4.78 is 0. The first-order valence-corrected chi connectivity index (χ1v) is 8.37. The van der Waals surface area contributed by atoms with Crippen molar-refractivity contribution in [3.8, 4) is 0 Å². The van der Waals surface area contributed by atoms with E-state index in [0.717, 1.165) is 5.56 Å². The fourth-order valence-electron chi connectivity index (χ4n) is 2.60. The Bertz CT molecular complexity index is 672. The molecule has 0 aromatic heterocycles. The zero-order chi connectivity index (χ0) is 18.4. The van der Waals surface area contributed by atoms with Crippen LogP contribution >= 0.6 is 0 Å². The maximum absolute atomic E-state index is 12.7. The van der Waals surface area contributed by atoms with Crippen LogP contribution < -0.4 is 0 Å². The van der Waals surface area contributed by atoms with Crippen LogP contribution in [0.4, 0.5) is 0 Å². The molecule has 2 amide bonds. The van der Waals surface area contributed by atoms with Crippen molar-refractivity contribution in [1.29, 1.82) is 0 Å². The summed E-state index contributed by atoms with van der Waals surface area (Å²) in [7, 11) is 0. The van der Waals surface area contributed by atoms with Crippen LogP contribution in [0.25, 0.3) is 0 Å². The van der Waals surface area contributed by atoms with Crippen molar-refractivity contribution in [2.24, 2.45) is 5.10 Å². The monoisotopic (exact) mass is 345 g/mol. The molecule has 134 valence electrons. The Morgan fingerprint density at radius 1 is 1.28 bits per heavy atom. The lowest BCUT2D eigenvalue weighted by Crippen LogP contribution is -2.47. The minimum Gasteiger partial charge on any atom is -0.480 e. The van der Waals surface area contributed by atoms with Gasteiger partial charge in [-0.15, -0.1) is 0 Å². The topological polar surface area (TPSA) is 90.3 Å². The van der Waals surface area contributed by atoms with Gasteiger partial charge >= 0.3 is 5.97 Å². The van der Waals surface area contributed by atoms with Crippen molar-refractivity contribution in [1.82, 2.24) is 9.91 Å². The van der Waals surface area contributed by atoms with Crippen molar-refractivity contribution < 1.29 is 19.5 Å². The second-order valence-electron chi connectivity index (χ2n) is 6.07. The van der Waals surface area contributed by atoms with E-state index in [1.165, 1.54) is 9.91 Å². The molecule has 7 heteroatoms. The molecule has 1 atom stereocenters. The van der Waals surface area contributed by atoms with Crippen molar-refractivity contribution in [2.75, 3.05) is 6.54 Å². The molecular formula is C18H23N3O4. The van der Waals surface area contributed by atoms with Gasteiger partial charge in [-0.25, -0.2) is 5.01 Å². The third-order valence-corrected chi connectivity index (χ3v) is 4.22. The molecule has 2 rings (SSSR count). The lowest BCUT2D eigenvalue weighted by molar-refractivity contribution is -0.143. The summed E-state index contributed by atoms with van der Waals surface area (Å²) in [5.74, 6) is -1.63. The zero-order valence-electron chi connectivity index (χ0n) is 14.5. The van der Waals surface area contributed by atoms with Gasteiger partial charge in [-0.2, -0.15) is 5.10 Å². The lowest BCUT2D eigenvalue weighted by Gasteiger charge is -2.30. The molecular weight excluding hydrogens is 322 g/mol. The van der Waals surface area contributed by atoms with E-state index in [4.69, 9.17) is 5.11 Å². The minimum absolute atomic E-state index is 0.145. The van der Waals surface area contributed by atoms with Crippen LogP contribution in [0.2, 0.25) is 0 Å². The molecule has 1 aliphatic heterocycles. The van der Waals surface area contributed by atoms with E-state index in [9.17, 15) is 14.4 Å². The largest absolute Gasteiger partial charge is 0.480 e. The number of nitrogens with zero attached hydrogens (tertiary/aromatic N) is 3. The number of carboxylic acid groups (broad SMARTS) is 1. The number of hydrogen-bond acceptors (Lipinski definition) is 4. The number of rotatable bonds is 7. The van der Waals surface area contributed by atoms with Crippen LogP contribution in [0.15, 0.2) is 35.4 Å². The van der Waals surface area contributed by atoms with Gasteiger partial charge < -0.3 is 10.0 Å². The predicted octanol–water partition coefficient (Wildman–Crippen LogP) is 1.88. The summed E-state index contributed by atoms with van der Waals surface area (Å²) in [6.07, 6.45) is 1.06. The Hall–Kier alpha value is -2.70. The number of amides is 2. The Labute approximate surface area is 146 Å². The van der Waals surface area contributed by atoms with Gasteiger partial charge in [0.25, 0.3) is 5.91 Å². The number of carbonyl (C=O) groups excluding carboxylic acids is 2. The Kier molecular flexibility index (Phi) is 6.27. The van der Waals surface area contributed by atoms with Crippen LogP contribution in [0, 0.1) is 0 Å². The standard InChI is InChI=1S/C18H23N3O4/c1-3-13(2)20(12-17(23)24)18(25)15-9-10-16(22)21(19-15)11-14-7-5-4-6-8-14/h4-8,13H,3,9-12H2,1-2H3,(H,23,24). The second kappa shape index (κ2) is 8.41. The first-order valence-electron chi connectivity index (χ1n) is 8.37. The molecule has 1 unspecified atom stereocenters. The number of carbonyl (C=O) groups is 3. The second-order valence-corrected chi connectivity index (χ2v) is 6.07. The average molecular weight is 345 g/mol. The molecule has 1 aromatic rings. The first kappa shape index (κ1) is 18.6. The molecule has 1 N–H and O–H groups in total. The number of aliphatic carboxylic acids is 1. The van der Waals surface area contributed by atoms with E-state index >= 15 is 0 Å². The molecule has 0 fully saturated rings. The predicted molar refractivity (Wildman–Crippen MR) is 92.8 cm³/mol. The van der Waals surface area contributed by atoms with E-state index in [-0.39, 0.29) is 37.0 Å². The molecule has 1 aliphatic rings. The van der Waals surface area contributed by atoms with Crippen molar-refractivity contribution in [2.45, 2.75) is 45.7 Å². The highest BCUT2D eigenvalue weighted by Crippen LogP contribution is 2.16. The molecule has 0 saturated heterocycles. The van der Waals surface area contributed by atoms with Crippen molar-refractivity contribution >= 4 is 23.5 Å². The molecule has 1 aromatic carbocycles. The Morgan fingerprint density at radius 2 is 1.96 bits per heavy atom. The van der Waals surface area contributed by atoms with Gasteiger partial charge in [0, 0.05) is 18.9 Å². The number of hydrogen-bond donors (Lipinski definition) is 1. The highest BCUT2D eigenvalue weighted by Gasteiger charge is 2.30. The highest BCUT2D eigenvalue weighted by atomic mass is 16.4. The zero-order valence-corrected chi connectivity index (χ0v) is 14.5. The quantitative estimate of drug-likeness (QED) is 0.817.